The summed E-state index contributed by atoms with van der Waals surface area (Å²) in [5.74, 6) is 0.751. The van der Waals surface area contributed by atoms with Crippen LogP contribution in [0.25, 0.3) is 11.3 Å². The maximum Gasteiger partial charge on any atom is 0.255 e. The molecule has 0 atom stereocenters. The van der Waals surface area contributed by atoms with Gasteiger partial charge in [0.15, 0.2) is 5.78 Å². The molecule has 0 aliphatic rings. The van der Waals surface area contributed by atoms with Gasteiger partial charge in [-0.2, -0.15) is 5.10 Å². The standard InChI is InChI=1S/C25H31N5O3/c1-25(2,3)21(31)15-30-23(27)19(13-26)22(29-30)17-11-9-16(10-12-17)14-28-24(32)18-7-5-6-8-20(18)33-4/h5-12H,13-15,26-27H2,1-4H3,(H,28,32). The van der Waals surface area contributed by atoms with Crippen LogP contribution in [0.15, 0.2) is 48.5 Å². The zero-order valence-electron chi connectivity index (χ0n) is 19.5. The Morgan fingerprint density at radius 3 is 2.36 bits per heavy atom. The number of amides is 1. The van der Waals surface area contributed by atoms with Crippen LogP contribution in [0.3, 0.4) is 0 Å². The van der Waals surface area contributed by atoms with Crippen molar-refractivity contribution in [2.75, 3.05) is 12.8 Å². The number of hydrogen-bond acceptors (Lipinski definition) is 6. The number of anilines is 1. The van der Waals surface area contributed by atoms with E-state index in [9.17, 15) is 9.59 Å². The number of carbonyl (C=O) groups excluding carboxylic acids is 2. The Bertz CT molecular complexity index is 1140. The third-order valence-electron chi connectivity index (χ3n) is 5.46. The summed E-state index contributed by atoms with van der Waals surface area (Å²) in [5, 5.41) is 7.48. The molecule has 8 heteroatoms. The van der Waals surface area contributed by atoms with Crippen molar-refractivity contribution in [1.29, 1.82) is 0 Å². The van der Waals surface area contributed by atoms with Gasteiger partial charge in [-0.05, 0) is 17.7 Å². The van der Waals surface area contributed by atoms with E-state index in [2.05, 4.69) is 10.4 Å². The van der Waals surface area contributed by atoms with E-state index in [1.165, 1.54) is 11.8 Å². The number of ether oxygens (including phenoxy) is 1. The highest BCUT2D eigenvalue weighted by Crippen LogP contribution is 2.28. The fourth-order valence-corrected chi connectivity index (χ4v) is 3.33. The van der Waals surface area contributed by atoms with E-state index < -0.39 is 5.41 Å². The summed E-state index contributed by atoms with van der Waals surface area (Å²) in [6, 6.07) is 14.7. The first-order chi connectivity index (χ1) is 15.7. The molecule has 8 nitrogen and oxygen atoms in total. The van der Waals surface area contributed by atoms with Crippen molar-refractivity contribution in [3.05, 3.63) is 65.2 Å². The second kappa shape index (κ2) is 9.87. The molecule has 33 heavy (non-hydrogen) atoms. The van der Waals surface area contributed by atoms with Crippen LogP contribution in [-0.4, -0.2) is 28.6 Å². The van der Waals surface area contributed by atoms with E-state index in [0.29, 0.717) is 34.9 Å². The zero-order chi connectivity index (χ0) is 24.2. The molecular weight excluding hydrogens is 418 g/mol. The van der Waals surface area contributed by atoms with Crippen LogP contribution in [0.5, 0.6) is 5.75 Å². The summed E-state index contributed by atoms with van der Waals surface area (Å²) in [4.78, 5) is 25.0. The van der Waals surface area contributed by atoms with Crippen molar-refractivity contribution in [1.82, 2.24) is 15.1 Å². The molecule has 1 aromatic heterocycles. The number of methoxy groups -OCH3 is 1. The smallest absolute Gasteiger partial charge is 0.255 e. The maximum absolute atomic E-state index is 12.5. The average Bonchev–Trinajstić information content (AvgIpc) is 3.12. The zero-order valence-corrected chi connectivity index (χ0v) is 19.5. The molecule has 0 spiro atoms. The van der Waals surface area contributed by atoms with Gasteiger partial charge in [0.1, 0.15) is 18.1 Å². The van der Waals surface area contributed by atoms with Gasteiger partial charge in [-0.15, -0.1) is 0 Å². The predicted molar refractivity (Wildman–Crippen MR) is 129 cm³/mol. The Kier molecular flexibility index (Phi) is 7.18. The first-order valence-electron chi connectivity index (χ1n) is 10.7. The van der Waals surface area contributed by atoms with Crippen LogP contribution in [0.1, 0.15) is 42.3 Å². The van der Waals surface area contributed by atoms with Crippen molar-refractivity contribution in [2.24, 2.45) is 11.1 Å². The molecule has 1 amide bonds. The minimum Gasteiger partial charge on any atom is -0.496 e. The number of benzene rings is 2. The van der Waals surface area contributed by atoms with Crippen molar-refractivity contribution in [2.45, 2.75) is 40.4 Å². The van der Waals surface area contributed by atoms with Crippen molar-refractivity contribution < 1.29 is 14.3 Å². The van der Waals surface area contributed by atoms with Crippen molar-refractivity contribution in [3.63, 3.8) is 0 Å². The lowest BCUT2D eigenvalue weighted by Crippen LogP contribution is -2.26. The van der Waals surface area contributed by atoms with Crippen LogP contribution < -0.4 is 21.5 Å². The van der Waals surface area contributed by atoms with E-state index in [1.54, 1.807) is 18.2 Å². The minimum absolute atomic E-state index is 0.0351. The van der Waals surface area contributed by atoms with Crippen molar-refractivity contribution >= 4 is 17.5 Å². The highest BCUT2D eigenvalue weighted by molar-refractivity contribution is 5.96. The summed E-state index contributed by atoms with van der Waals surface area (Å²) in [5.41, 5.74) is 15.3. The van der Waals surface area contributed by atoms with Gasteiger partial charge in [-0.25, -0.2) is 4.68 Å². The minimum atomic E-state index is -0.489. The molecule has 3 aromatic rings. The maximum atomic E-state index is 12.5. The van der Waals surface area contributed by atoms with Gasteiger partial charge in [0.2, 0.25) is 0 Å². The van der Waals surface area contributed by atoms with Crippen LogP contribution in [0.2, 0.25) is 0 Å². The molecule has 0 saturated heterocycles. The SMILES string of the molecule is COc1ccccc1C(=O)NCc1ccc(-c2nn(CC(=O)C(C)(C)C)c(N)c2CN)cc1. The normalized spacial score (nSPS) is 11.3. The number of nitrogens with one attached hydrogen (secondary N) is 1. The van der Waals surface area contributed by atoms with E-state index in [1.807, 2.05) is 51.1 Å². The Morgan fingerprint density at radius 1 is 1.09 bits per heavy atom. The number of nitrogen functional groups attached to an aromatic ring is 1. The summed E-state index contributed by atoms with van der Waals surface area (Å²) in [6.45, 7) is 6.26. The third kappa shape index (κ3) is 5.40. The molecular formula is C25H31N5O3. The van der Waals surface area contributed by atoms with Gasteiger partial charge in [-0.3, -0.25) is 9.59 Å². The van der Waals surface area contributed by atoms with E-state index >= 15 is 0 Å². The number of carbonyl (C=O) groups is 2. The van der Waals surface area contributed by atoms with Gasteiger partial charge in [0.05, 0.1) is 18.4 Å². The summed E-state index contributed by atoms with van der Waals surface area (Å²) < 4.78 is 6.77. The van der Waals surface area contributed by atoms with Crippen molar-refractivity contribution in [3.8, 4) is 17.0 Å². The Morgan fingerprint density at radius 2 is 1.76 bits per heavy atom. The lowest BCUT2D eigenvalue weighted by molar-refractivity contribution is -0.127. The number of nitrogens with two attached hydrogens (primary N) is 2. The number of nitrogens with zero attached hydrogens (tertiary/aromatic N) is 2. The lowest BCUT2D eigenvalue weighted by atomic mass is 9.91. The Balaban J connectivity index is 1.75. The van der Waals surface area contributed by atoms with Crippen LogP contribution in [-0.2, 0) is 24.4 Å². The molecule has 0 unspecified atom stereocenters. The number of para-hydroxylation sites is 1. The number of rotatable bonds is 8. The summed E-state index contributed by atoms with van der Waals surface area (Å²) in [7, 11) is 1.54. The van der Waals surface area contributed by atoms with Crippen LogP contribution >= 0.6 is 0 Å². The second-order valence-corrected chi connectivity index (χ2v) is 8.83. The van der Waals surface area contributed by atoms with Gasteiger partial charge in [0, 0.05) is 29.6 Å². The highest BCUT2D eigenvalue weighted by atomic mass is 16.5. The molecule has 1 heterocycles. The first-order valence-corrected chi connectivity index (χ1v) is 10.7. The molecule has 0 aliphatic carbocycles. The molecule has 3 rings (SSSR count). The molecule has 0 radical (unpaired) electrons. The third-order valence-corrected chi connectivity index (χ3v) is 5.46. The quantitative estimate of drug-likeness (QED) is 0.485. The molecule has 0 aliphatic heterocycles. The summed E-state index contributed by atoms with van der Waals surface area (Å²) >= 11 is 0. The van der Waals surface area contributed by atoms with Crippen LogP contribution in [0, 0.1) is 5.41 Å². The Hall–Kier alpha value is -3.65. The number of hydrogen-bond donors (Lipinski definition) is 3. The highest BCUT2D eigenvalue weighted by Gasteiger charge is 2.24. The van der Waals surface area contributed by atoms with E-state index in [4.69, 9.17) is 16.2 Å². The van der Waals surface area contributed by atoms with Gasteiger partial charge >= 0.3 is 0 Å². The topological polar surface area (TPSA) is 125 Å². The molecule has 0 saturated carbocycles. The largest absolute Gasteiger partial charge is 0.496 e. The molecule has 2 aromatic carbocycles. The fraction of sp³-hybridized carbons (Fsp3) is 0.320. The number of Topliss-reactive ketones (excluding diaryl/α,β-unsaturated/α-hetero) is 1. The molecule has 5 N–H and O–H groups in total. The summed E-state index contributed by atoms with van der Waals surface area (Å²) in [6.07, 6.45) is 0. The van der Waals surface area contributed by atoms with Gasteiger partial charge in [-0.1, -0.05) is 57.2 Å². The lowest BCUT2D eigenvalue weighted by Gasteiger charge is -2.16. The van der Waals surface area contributed by atoms with Gasteiger partial charge < -0.3 is 21.5 Å². The Labute approximate surface area is 193 Å². The predicted octanol–water partition coefficient (Wildman–Crippen LogP) is 3.14. The monoisotopic (exact) mass is 449 g/mol. The van der Waals surface area contributed by atoms with E-state index in [0.717, 1.165) is 11.1 Å². The average molecular weight is 450 g/mol. The van der Waals surface area contributed by atoms with E-state index in [-0.39, 0.29) is 24.8 Å². The molecule has 0 fully saturated rings. The van der Waals surface area contributed by atoms with Gasteiger partial charge in [0.25, 0.3) is 5.91 Å². The molecule has 174 valence electrons. The van der Waals surface area contributed by atoms with Crippen LogP contribution in [0.4, 0.5) is 5.82 Å². The molecule has 0 bridgehead atoms. The second-order valence-electron chi connectivity index (χ2n) is 8.83. The number of aromatic nitrogens is 2. The first kappa shape index (κ1) is 24.0. The fourth-order valence-electron chi connectivity index (χ4n) is 3.33. The number of ketones is 1.